The molecule has 0 unspecified atom stereocenters. The SMILES string of the molecule is COC(=O)C1=C(C)N=c2s/c(=C/c3ccc([N+](=O)[O-])cc3)c(=O)n2[C@@H]1/C=C/c1ccccc1. The van der Waals surface area contributed by atoms with Gasteiger partial charge in [-0.15, -0.1) is 0 Å². The highest BCUT2D eigenvalue weighted by molar-refractivity contribution is 7.07. The van der Waals surface area contributed by atoms with E-state index >= 15 is 0 Å². The van der Waals surface area contributed by atoms with Crippen LogP contribution in [0.3, 0.4) is 0 Å². The highest BCUT2D eigenvalue weighted by Crippen LogP contribution is 2.26. The molecule has 166 valence electrons. The molecule has 1 aliphatic heterocycles. The maximum absolute atomic E-state index is 13.3. The van der Waals surface area contributed by atoms with Crippen LogP contribution >= 0.6 is 11.3 Å². The minimum atomic E-state index is -0.687. The number of hydrogen-bond acceptors (Lipinski definition) is 7. The summed E-state index contributed by atoms with van der Waals surface area (Å²) >= 11 is 1.19. The Balaban J connectivity index is 1.84. The van der Waals surface area contributed by atoms with Crippen LogP contribution in [0.2, 0.25) is 0 Å². The molecule has 1 aliphatic rings. The molecule has 0 bridgehead atoms. The number of ether oxygens (including phenoxy) is 1. The van der Waals surface area contributed by atoms with Gasteiger partial charge in [0.25, 0.3) is 11.2 Å². The van der Waals surface area contributed by atoms with Crippen LogP contribution in [-0.4, -0.2) is 22.6 Å². The summed E-state index contributed by atoms with van der Waals surface area (Å²) in [5, 5.41) is 10.9. The molecule has 8 nitrogen and oxygen atoms in total. The molecule has 1 atom stereocenters. The lowest BCUT2D eigenvalue weighted by atomic mass is 10.0. The number of carbonyl (C=O) groups excluding carboxylic acids is 1. The van der Waals surface area contributed by atoms with Gasteiger partial charge in [-0.1, -0.05) is 53.8 Å². The lowest BCUT2D eigenvalue weighted by molar-refractivity contribution is -0.384. The zero-order chi connectivity index (χ0) is 23.5. The summed E-state index contributed by atoms with van der Waals surface area (Å²) in [6.45, 7) is 1.71. The first-order chi connectivity index (χ1) is 15.9. The summed E-state index contributed by atoms with van der Waals surface area (Å²) in [6, 6.07) is 14.8. The molecule has 0 amide bonds. The second-order valence-corrected chi connectivity index (χ2v) is 8.24. The molecular formula is C24H19N3O5S. The Morgan fingerprint density at radius 1 is 1.15 bits per heavy atom. The number of nitro benzene ring substituents is 1. The zero-order valence-electron chi connectivity index (χ0n) is 17.8. The highest BCUT2D eigenvalue weighted by atomic mass is 32.1. The Bertz CT molecular complexity index is 1460. The minimum absolute atomic E-state index is 0.0296. The first kappa shape index (κ1) is 22.1. The maximum Gasteiger partial charge on any atom is 0.338 e. The standard InChI is InChI=1S/C24H19N3O5S/c1-15-21(23(29)32-2)19(13-10-16-6-4-3-5-7-16)26-22(28)20(33-24(26)25-15)14-17-8-11-18(12-9-17)27(30)31/h3-14,19H,1-2H3/b13-10+,20-14+/t19-/m1/s1. The third-order valence-corrected chi connectivity index (χ3v) is 6.12. The number of thiazole rings is 1. The van der Waals surface area contributed by atoms with Crippen LogP contribution in [-0.2, 0) is 9.53 Å². The molecule has 9 heteroatoms. The number of fused-ring (bicyclic) bond motifs is 1. The van der Waals surface area contributed by atoms with Crippen molar-refractivity contribution in [3.8, 4) is 0 Å². The quantitative estimate of drug-likeness (QED) is 0.330. The minimum Gasteiger partial charge on any atom is -0.466 e. The molecule has 3 aromatic rings. The second-order valence-electron chi connectivity index (χ2n) is 7.23. The van der Waals surface area contributed by atoms with E-state index in [-0.39, 0.29) is 11.2 Å². The van der Waals surface area contributed by atoms with Gasteiger partial charge in [0.15, 0.2) is 4.80 Å². The van der Waals surface area contributed by atoms with Crippen molar-refractivity contribution in [1.82, 2.24) is 4.57 Å². The van der Waals surface area contributed by atoms with Crippen LogP contribution in [0, 0.1) is 10.1 Å². The number of carbonyl (C=O) groups is 1. The Labute approximate surface area is 192 Å². The number of aromatic nitrogens is 1. The van der Waals surface area contributed by atoms with E-state index in [9.17, 15) is 19.7 Å². The van der Waals surface area contributed by atoms with Gasteiger partial charge >= 0.3 is 5.97 Å². The maximum atomic E-state index is 13.3. The molecule has 0 saturated heterocycles. The third kappa shape index (κ3) is 4.44. The Kier molecular flexibility index (Phi) is 6.14. The molecule has 0 saturated carbocycles. The third-order valence-electron chi connectivity index (χ3n) is 5.14. The first-order valence-corrected chi connectivity index (χ1v) is 10.8. The summed E-state index contributed by atoms with van der Waals surface area (Å²) in [7, 11) is 1.29. The summed E-state index contributed by atoms with van der Waals surface area (Å²) in [5.74, 6) is -0.552. The predicted molar refractivity (Wildman–Crippen MR) is 125 cm³/mol. The van der Waals surface area contributed by atoms with Crippen molar-refractivity contribution < 1.29 is 14.5 Å². The molecule has 2 aromatic carbocycles. The molecule has 0 radical (unpaired) electrons. The number of esters is 1. The fraction of sp³-hybridized carbons (Fsp3) is 0.125. The number of hydrogen-bond donors (Lipinski definition) is 0. The molecular weight excluding hydrogens is 442 g/mol. The largest absolute Gasteiger partial charge is 0.466 e. The fourth-order valence-electron chi connectivity index (χ4n) is 3.53. The molecule has 33 heavy (non-hydrogen) atoms. The highest BCUT2D eigenvalue weighted by Gasteiger charge is 2.30. The van der Waals surface area contributed by atoms with Crippen molar-refractivity contribution in [2.24, 2.45) is 4.99 Å². The number of nitro groups is 1. The van der Waals surface area contributed by atoms with Crippen LogP contribution in [0.1, 0.15) is 24.1 Å². The molecule has 0 fully saturated rings. The van der Waals surface area contributed by atoms with Gasteiger partial charge in [-0.05, 0) is 36.3 Å². The molecule has 4 rings (SSSR count). The number of benzene rings is 2. The normalized spacial score (nSPS) is 15.9. The summed E-state index contributed by atoms with van der Waals surface area (Å²) < 4.78 is 6.84. The predicted octanol–water partition coefficient (Wildman–Crippen LogP) is 2.98. The van der Waals surface area contributed by atoms with Gasteiger partial charge in [-0.3, -0.25) is 19.5 Å². The van der Waals surface area contributed by atoms with E-state index in [0.717, 1.165) is 5.56 Å². The van der Waals surface area contributed by atoms with Gasteiger partial charge < -0.3 is 4.74 Å². The Morgan fingerprint density at radius 3 is 2.48 bits per heavy atom. The second kappa shape index (κ2) is 9.17. The van der Waals surface area contributed by atoms with Crippen molar-refractivity contribution in [3.05, 3.63) is 113 Å². The van der Waals surface area contributed by atoms with Crippen LogP contribution < -0.4 is 14.9 Å². The summed E-state index contributed by atoms with van der Waals surface area (Å²) in [6.07, 6.45) is 5.29. The van der Waals surface area contributed by atoms with Crippen molar-refractivity contribution in [2.45, 2.75) is 13.0 Å². The first-order valence-electron chi connectivity index (χ1n) is 9.97. The smallest absolute Gasteiger partial charge is 0.338 e. The molecule has 0 aliphatic carbocycles. The lowest BCUT2D eigenvalue weighted by Gasteiger charge is -2.21. The van der Waals surface area contributed by atoms with Gasteiger partial charge in [-0.25, -0.2) is 9.79 Å². The van der Waals surface area contributed by atoms with Crippen molar-refractivity contribution in [2.75, 3.05) is 7.11 Å². The van der Waals surface area contributed by atoms with Crippen molar-refractivity contribution in [3.63, 3.8) is 0 Å². The summed E-state index contributed by atoms with van der Waals surface area (Å²) in [5.41, 5.74) is 1.99. The summed E-state index contributed by atoms with van der Waals surface area (Å²) in [4.78, 5) is 41.2. The molecule has 0 spiro atoms. The number of non-ortho nitro benzene ring substituents is 1. The topological polar surface area (TPSA) is 104 Å². The van der Waals surface area contributed by atoms with E-state index in [0.29, 0.717) is 26.2 Å². The molecule has 2 heterocycles. The average molecular weight is 461 g/mol. The van der Waals surface area contributed by atoms with Crippen LogP contribution in [0.4, 0.5) is 5.69 Å². The van der Waals surface area contributed by atoms with Crippen LogP contribution in [0.5, 0.6) is 0 Å². The van der Waals surface area contributed by atoms with Crippen LogP contribution in [0.15, 0.2) is 81.7 Å². The Morgan fingerprint density at radius 2 is 1.85 bits per heavy atom. The van der Waals surface area contributed by atoms with Gasteiger partial charge in [0, 0.05) is 12.1 Å². The number of rotatable bonds is 5. The fourth-order valence-corrected chi connectivity index (χ4v) is 4.58. The number of nitrogens with zero attached hydrogens (tertiary/aromatic N) is 3. The number of allylic oxidation sites excluding steroid dienone is 2. The number of methoxy groups -OCH3 is 1. The van der Waals surface area contributed by atoms with Gasteiger partial charge in [0.2, 0.25) is 0 Å². The zero-order valence-corrected chi connectivity index (χ0v) is 18.6. The van der Waals surface area contributed by atoms with Crippen molar-refractivity contribution in [1.29, 1.82) is 0 Å². The lowest BCUT2D eigenvalue weighted by Crippen LogP contribution is -2.38. The molecule has 1 aromatic heterocycles. The van der Waals surface area contributed by atoms with E-state index in [1.54, 1.807) is 31.2 Å². The van der Waals surface area contributed by atoms with E-state index in [1.165, 1.54) is 35.1 Å². The van der Waals surface area contributed by atoms with Crippen molar-refractivity contribution >= 4 is 35.1 Å². The van der Waals surface area contributed by atoms with Gasteiger partial charge in [0.1, 0.15) is 0 Å². The van der Waals surface area contributed by atoms with E-state index < -0.39 is 16.9 Å². The van der Waals surface area contributed by atoms with E-state index in [1.807, 2.05) is 36.4 Å². The van der Waals surface area contributed by atoms with E-state index in [2.05, 4.69) is 4.99 Å². The average Bonchev–Trinajstić information content (AvgIpc) is 3.12. The van der Waals surface area contributed by atoms with Crippen LogP contribution in [0.25, 0.3) is 12.2 Å². The monoisotopic (exact) mass is 461 g/mol. The van der Waals surface area contributed by atoms with Gasteiger partial charge in [-0.2, -0.15) is 0 Å². The van der Waals surface area contributed by atoms with E-state index in [4.69, 9.17) is 4.74 Å². The molecule has 0 N–H and O–H groups in total. The van der Waals surface area contributed by atoms with Gasteiger partial charge in [0.05, 0.1) is 33.9 Å². The Hall–Kier alpha value is -4.11.